The monoisotopic (exact) mass is 393 g/mol. The van der Waals surface area contributed by atoms with Crippen molar-refractivity contribution in [3.05, 3.63) is 0 Å². The molecule has 0 heterocycles. The molecule has 0 unspecified atom stereocenters. The maximum atomic E-state index is 11.9. The summed E-state index contributed by atoms with van der Waals surface area (Å²) in [7, 11) is 0. The molecule has 0 aromatic heterocycles. The zero-order valence-corrected chi connectivity index (χ0v) is 13.3. The quantitative estimate of drug-likeness (QED) is 0.325. The Labute approximate surface area is 129 Å². The highest BCUT2D eigenvalue weighted by molar-refractivity contribution is 14.0. The van der Waals surface area contributed by atoms with Crippen LogP contribution in [-0.4, -0.2) is 24.7 Å². The molecule has 19 heavy (non-hydrogen) atoms. The largest absolute Gasteiger partial charge is 0.389 e. The molecule has 1 fully saturated rings. The van der Waals surface area contributed by atoms with E-state index in [4.69, 9.17) is 5.73 Å². The van der Waals surface area contributed by atoms with Crippen LogP contribution in [0, 0.1) is 0 Å². The summed E-state index contributed by atoms with van der Waals surface area (Å²) in [6, 6.07) is 0.387. The molecule has 1 rings (SSSR count). The van der Waals surface area contributed by atoms with E-state index in [1.165, 1.54) is 19.3 Å². The number of alkyl halides is 3. The van der Waals surface area contributed by atoms with Crippen LogP contribution in [-0.2, 0) is 0 Å². The molecule has 1 aliphatic carbocycles. The Bertz CT molecular complexity index is 263. The summed E-state index contributed by atoms with van der Waals surface area (Å²) in [5.74, 6) is 0.369. The van der Waals surface area contributed by atoms with Gasteiger partial charge in [-0.15, -0.1) is 24.0 Å². The van der Waals surface area contributed by atoms with E-state index in [0.29, 0.717) is 25.0 Å². The molecule has 7 heteroatoms. The Kier molecular flexibility index (Phi) is 9.55. The van der Waals surface area contributed by atoms with Crippen LogP contribution < -0.4 is 11.1 Å². The van der Waals surface area contributed by atoms with Gasteiger partial charge in [0.2, 0.25) is 0 Å². The van der Waals surface area contributed by atoms with Crippen molar-refractivity contribution in [3.8, 4) is 0 Å². The Morgan fingerprint density at radius 2 is 1.79 bits per heavy atom. The first kappa shape index (κ1) is 18.8. The van der Waals surface area contributed by atoms with Gasteiger partial charge in [-0.05, 0) is 25.7 Å². The average Bonchev–Trinajstić information content (AvgIpc) is 2.28. The number of guanidine groups is 1. The van der Waals surface area contributed by atoms with Crippen LogP contribution in [0.5, 0.6) is 0 Å². The molecular weight excluding hydrogens is 370 g/mol. The Morgan fingerprint density at radius 3 is 2.37 bits per heavy atom. The van der Waals surface area contributed by atoms with Gasteiger partial charge < -0.3 is 11.1 Å². The van der Waals surface area contributed by atoms with E-state index in [1.54, 1.807) is 0 Å². The zero-order chi connectivity index (χ0) is 13.4. The highest BCUT2D eigenvalue weighted by atomic mass is 127. The van der Waals surface area contributed by atoms with Gasteiger partial charge in [0.25, 0.3) is 0 Å². The standard InChI is InChI=1S/C12H22F3N3.HI/c13-12(14,15)8-4-5-9-17-11(16)18-10-6-2-1-3-7-10;/h10H,1-9H2,(H3,16,17,18);1H. The lowest BCUT2D eigenvalue weighted by Gasteiger charge is -2.23. The molecular formula is C12H23F3IN3. The fourth-order valence-corrected chi connectivity index (χ4v) is 2.14. The van der Waals surface area contributed by atoms with Crippen LogP contribution in [0.1, 0.15) is 51.4 Å². The second-order valence-electron chi connectivity index (χ2n) is 4.82. The van der Waals surface area contributed by atoms with Gasteiger partial charge in [-0.25, -0.2) is 0 Å². The lowest BCUT2D eigenvalue weighted by molar-refractivity contribution is -0.135. The highest BCUT2D eigenvalue weighted by Gasteiger charge is 2.25. The maximum absolute atomic E-state index is 11.9. The fourth-order valence-electron chi connectivity index (χ4n) is 2.14. The van der Waals surface area contributed by atoms with Gasteiger partial charge in [0.05, 0.1) is 0 Å². The SMILES string of the molecule is I.NC(=NCCCCC(F)(F)F)NC1CCCCC1. The summed E-state index contributed by atoms with van der Waals surface area (Å²) < 4.78 is 35.6. The molecule has 3 N–H and O–H groups in total. The van der Waals surface area contributed by atoms with Crippen LogP contribution in [0.3, 0.4) is 0 Å². The Balaban J connectivity index is 0.00000324. The van der Waals surface area contributed by atoms with Crippen LogP contribution in [0.15, 0.2) is 4.99 Å². The summed E-state index contributed by atoms with van der Waals surface area (Å²) >= 11 is 0. The van der Waals surface area contributed by atoms with Crippen molar-refractivity contribution < 1.29 is 13.2 Å². The summed E-state index contributed by atoms with van der Waals surface area (Å²) in [5.41, 5.74) is 5.69. The second-order valence-corrected chi connectivity index (χ2v) is 4.82. The van der Waals surface area contributed by atoms with E-state index in [9.17, 15) is 13.2 Å². The first-order chi connectivity index (χ1) is 8.47. The van der Waals surface area contributed by atoms with Gasteiger partial charge in [0, 0.05) is 19.0 Å². The average molecular weight is 393 g/mol. The molecule has 0 aromatic rings. The second kappa shape index (κ2) is 9.66. The number of hydrogen-bond donors (Lipinski definition) is 2. The van der Waals surface area contributed by atoms with Gasteiger partial charge >= 0.3 is 6.18 Å². The number of nitrogens with zero attached hydrogens (tertiary/aromatic N) is 1. The molecule has 0 bridgehead atoms. The van der Waals surface area contributed by atoms with Crippen molar-refractivity contribution in [2.45, 2.75) is 63.6 Å². The predicted octanol–water partition coefficient (Wildman–Crippen LogP) is 3.57. The van der Waals surface area contributed by atoms with Gasteiger partial charge in [-0.3, -0.25) is 4.99 Å². The molecule has 0 aromatic carbocycles. The lowest BCUT2D eigenvalue weighted by atomic mass is 9.96. The number of hydrogen-bond acceptors (Lipinski definition) is 1. The van der Waals surface area contributed by atoms with E-state index in [0.717, 1.165) is 12.8 Å². The van der Waals surface area contributed by atoms with Gasteiger partial charge in [-0.1, -0.05) is 19.3 Å². The fraction of sp³-hybridized carbons (Fsp3) is 0.917. The van der Waals surface area contributed by atoms with E-state index >= 15 is 0 Å². The topological polar surface area (TPSA) is 50.4 Å². The van der Waals surface area contributed by atoms with Gasteiger partial charge in [-0.2, -0.15) is 13.2 Å². The van der Waals surface area contributed by atoms with Crippen LogP contribution in [0.25, 0.3) is 0 Å². The first-order valence-corrected chi connectivity index (χ1v) is 6.60. The third-order valence-corrected chi connectivity index (χ3v) is 3.11. The van der Waals surface area contributed by atoms with E-state index in [2.05, 4.69) is 10.3 Å². The highest BCUT2D eigenvalue weighted by Crippen LogP contribution is 2.22. The molecule has 0 aliphatic heterocycles. The maximum Gasteiger partial charge on any atom is 0.389 e. The molecule has 114 valence electrons. The molecule has 0 amide bonds. The minimum Gasteiger partial charge on any atom is -0.370 e. The smallest absolute Gasteiger partial charge is 0.370 e. The third-order valence-electron chi connectivity index (χ3n) is 3.11. The number of rotatable bonds is 5. The van der Waals surface area contributed by atoms with Crippen LogP contribution in [0.2, 0.25) is 0 Å². The number of nitrogens with one attached hydrogen (secondary N) is 1. The summed E-state index contributed by atoms with van der Waals surface area (Å²) in [4.78, 5) is 4.05. The van der Waals surface area contributed by atoms with E-state index in [1.807, 2.05) is 0 Å². The minimum atomic E-state index is -4.06. The normalized spacial score (nSPS) is 17.9. The number of halogens is 4. The molecule has 3 nitrogen and oxygen atoms in total. The Morgan fingerprint density at radius 1 is 1.16 bits per heavy atom. The number of aliphatic imine (C=N–C) groups is 1. The molecule has 0 spiro atoms. The van der Waals surface area contributed by atoms with Crippen molar-refractivity contribution in [2.24, 2.45) is 10.7 Å². The number of unbranched alkanes of at least 4 members (excludes halogenated alkanes) is 1. The number of nitrogens with two attached hydrogens (primary N) is 1. The zero-order valence-electron chi connectivity index (χ0n) is 11.0. The molecule has 1 aliphatic rings. The predicted molar refractivity (Wildman–Crippen MR) is 81.8 cm³/mol. The molecule has 0 atom stereocenters. The van der Waals surface area contributed by atoms with Crippen LogP contribution >= 0.6 is 24.0 Å². The summed E-state index contributed by atoms with van der Waals surface area (Å²) in [6.45, 7) is 0.363. The minimum absolute atomic E-state index is 0. The van der Waals surface area contributed by atoms with Crippen molar-refractivity contribution in [2.75, 3.05) is 6.54 Å². The summed E-state index contributed by atoms with van der Waals surface area (Å²) in [6.07, 6.45) is 1.62. The first-order valence-electron chi connectivity index (χ1n) is 6.60. The van der Waals surface area contributed by atoms with Crippen molar-refractivity contribution >= 4 is 29.9 Å². The van der Waals surface area contributed by atoms with Crippen molar-refractivity contribution in [1.29, 1.82) is 0 Å². The van der Waals surface area contributed by atoms with Gasteiger partial charge in [0.15, 0.2) is 5.96 Å². The van der Waals surface area contributed by atoms with E-state index < -0.39 is 12.6 Å². The molecule has 1 saturated carbocycles. The Hall–Kier alpha value is -0.210. The molecule has 0 radical (unpaired) electrons. The third kappa shape index (κ3) is 10.3. The van der Waals surface area contributed by atoms with Crippen LogP contribution in [0.4, 0.5) is 13.2 Å². The summed E-state index contributed by atoms with van der Waals surface area (Å²) in [5, 5.41) is 3.13. The van der Waals surface area contributed by atoms with Crippen molar-refractivity contribution in [3.63, 3.8) is 0 Å². The van der Waals surface area contributed by atoms with Crippen molar-refractivity contribution in [1.82, 2.24) is 5.32 Å². The van der Waals surface area contributed by atoms with E-state index in [-0.39, 0.29) is 30.4 Å². The molecule has 0 saturated heterocycles. The lowest BCUT2D eigenvalue weighted by Crippen LogP contribution is -2.41. The van der Waals surface area contributed by atoms with Gasteiger partial charge in [0.1, 0.15) is 0 Å².